The molecule has 0 radical (unpaired) electrons. The van der Waals surface area contributed by atoms with Crippen molar-refractivity contribution >= 4 is 21.4 Å². The quantitative estimate of drug-likeness (QED) is 0.847. The fourth-order valence-corrected chi connectivity index (χ4v) is 4.13. The summed E-state index contributed by atoms with van der Waals surface area (Å²) in [5.74, 6) is 0. The van der Waals surface area contributed by atoms with Gasteiger partial charge in [-0.1, -0.05) is 13.8 Å². The number of sulfonamides is 1. The van der Waals surface area contributed by atoms with Crippen LogP contribution >= 0.6 is 11.3 Å². The largest absolute Gasteiger partial charge is 0.326 e. The van der Waals surface area contributed by atoms with Crippen molar-refractivity contribution in [2.45, 2.75) is 31.7 Å². The number of thiophene rings is 1. The summed E-state index contributed by atoms with van der Waals surface area (Å²) >= 11 is 1.39. The minimum absolute atomic E-state index is 0.369. The lowest BCUT2D eigenvalue weighted by Gasteiger charge is -2.18. The van der Waals surface area contributed by atoms with Gasteiger partial charge in [-0.15, -0.1) is 11.3 Å². The van der Waals surface area contributed by atoms with Gasteiger partial charge in [-0.3, -0.25) is 0 Å². The van der Waals surface area contributed by atoms with E-state index in [0.717, 1.165) is 11.3 Å². The van der Waals surface area contributed by atoms with Crippen molar-refractivity contribution in [1.29, 1.82) is 0 Å². The molecule has 1 rings (SSSR count). The van der Waals surface area contributed by atoms with Crippen LogP contribution in [-0.4, -0.2) is 25.8 Å². The smallest absolute Gasteiger partial charge is 0.243 e. The Hall–Kier alpha value is -0.430. The van der Waals surface area contributed by atoms with Crippen molar-refractivity contribution in [1.82, 2.24) is 4.31 Å². The van der Waals surface area contributed by atoms with Crippen LogP contribution in [0.1, 0.15) is 25.1 Å². The van der Waals surface area contributed by atoms with E-state index >= 15 is 0 Å². The highest BCUT2D eigenvalue weighted by Gasteiger charge is 2.23. The number of nitrogens with zero attached hydrogens (tertiary/aromatic N) is 1. The van der Waals surface area contributed by atoms with Gasteiger partial charge < -0.3 is 5.73 Å². The molecule has 0 bridgehead atoms. The zero-order chi connectivity index (χ0) is 12.2. The maximum atomic E-state index is 12.2. The summed E-state index contributed by atoms with van der Waals surface area (Å²) in [4.78, 5) is 1.26. The lowest BCUT2D eigenvalue weighted by Crippen LogP contribution is -2.31. The number of hydrogen-bond donors (Lipinski definition) is 1. The third-order valence-corrected chi connectivity index (χ3v) is 5.35. The first-order valence-electron chi connectivity index (χ1n) is 5.33. The fourth-order valence-electron chi connectivity index (χ4n) is 1.45. The van der Waals surface area contributed by atoms with E-state index in [1.54, 1.807) is 11.4 Å². The average molecular weight is 262 g/mol. The summed E-state index contributed by atoms with van der Waals surface area (Å²) in [6, 6.07) is 1.66. The second-order valence-electron chi connectivity index (χ2n) is 3.45. The Morgan fingerprint density at radius 1 is 1.44 bits per heavy atom. The molecule has 0 saturated heterocycles. The van der Waals surface area contributed by atoms with Crippen LogP contribution in [0.3, 0.4) is 0 Å². The summed E-state index contributed by atoms with van der Waals surface area (Å²) < 4.78 is 25.8. The topological polar surface area (TPSA) is 63.4 Å². The van der Waals surface area contributed by atoms with Gasteiger partial charge in [0.25, 0.3) is 0 Å². The van der Waals surface area contributed by atoms with E-state index < -0.39 is 10.0 Å². The maximum Gasteiger partial charge on any atom is 0.243 e. The van der Waals surface area contributed by atoms with Crippen LogP contribution in [0.25, 0.3) is 0 Å². The summed E-state index contributed by atoms with van der Waals surface area (Å²) in [6.45, 7) is 5.28. The van der Waals surface area contributed by atoms with Crippen LogP contribution in [0.15, 0.2) is 16.3 Å². The first kappa shape index (κ1) is 13.6. The molecule has 0 aromatic carbocycles. The van der Waals surface area contributed by atoms with Gasteiger partial charge in [-0.05, 0) is 12.5 Å². The third-order valence-electron chi connectivity index (χ3n) is 2.29. The molecular weight excluding hydrogens is 244 g/mol. The molecule has 16 heavy (non-hydrogen) atoms. The zero-order valence-electron chi connectivity index (χ0n) is 9.64. The molecule has 1 heterocycles. The number of hydrogen-bond acceptors (Lipinski definition) is 4. The van der Waals surface area contributed by atoms with Crippen molar-refractivity contribution in [3.05, 3.63) is 16.3 Å². The number of rotatable bonds is 6. The summed E-state index contributed by atoms with van der Waals surface area (Å²) in [5.41, 5.74) is 5.48. The summed E-state index contributed by atoms with van der Waals surface area (Å²) in [7, 11) is -3.31. The van der Waals surface area contributed by atoms with E-state index in [-0.39, 0.29) is 0 Å². The van der Waals surface area contributed by atoms with Crippen molar-refractivity contribution in [3.8, 4) is 0 Å². The lowest BCUT2D eigenvalue weighted by atomic mass is 10.5. The standard InChI is InChI=1S/C10H18N2O2S2/c1-3-5-12(4-2)16(13,14)10-6-9(7-11)15-8-10/h6,8H,3-5,7,11H2,1-2H3. The van der Waals surface area contributed by atoms with Crippen LogP contribution in [-0.2, 0) is 16.6 Å². The molecule has 0 saturated carbocycles. The molecular formula is C10H18N2O2S2. The van der Waals surface area contributed by atoms with E-state index in [9.17, 15) is 8.42 Å². The van der Waals surface area contributed by atoms with Gasteiger partial charge in [0.1, 0.15) is 0 Å². The minimum Gasteiger partial charge on any atom is -0.326 e. The van der Waals surface area contributed by atoms with Gasteiger partial charge in [0.2, 0.25) is 10.0 Å². The molecule has 92 valence electrons. The Kier molecular flexibility index (Phi) is 4.91. The molecule has 1 aromatic rings. The van der Waals surface area contributed by atoms with Crippen LogP contribution in [0, 0.1) is 0 Å². The van der Waals surface area contributed by atoms with Gasteiger partial charge in [0.05, 0.1) is 4.90 Å². The van der Waals surface area contributed by atoms with Crippen LogP contribution in [0.4, 0.5) is 0 Å². The van der Waals surface area contributed by atoms with E-state index in [4.69, 9.17) is 5.73 Å². The highest BCUT2D eigenvalue weighted by Crippen LogP contribution is 2.22. The van der Waals surface area contributed by atoms with Crippen molar-refractivity contribution < 1.29 is 8.42 Å². The molecule has 0 atom stereocenters. The van der Waals surface area contributed by atoms with Crippen LogP contribution in [0.5, 0.6) is 0 Å². The van der Waals surface area contributed by atoms with Gasteiger partial charge >= 0.3 is 0 Å². The monoisotopic (exact) mass is 262 g/mol. The minimum atomic E-state index is -3.31. The molecule has 4 nitrogen and oxygen atoms in total. The Labute approximate surface area is 101 Å². The van der Waals surface area contributed by atoms with Gasteiger partial charge in [-0.2, -0.15) is 4.31 Å². The first-order chi connectivity index (χ1) is 7.56. The Morgan fingerprint density at radius 2 is 2.12 bits per heavy atom. The van der Waals surface area contributed by atoms with Crippen molar-refractivity contribution in [2.75, 3.05) is 13.1 Å². The average Bonchev–Trinajstić information content (AvgIpc) is 2.74. The number of nitrogens with two attached hydrogens (primary N) is 1. The normalized spacial score (nSPS) is 12.2. The van der Waals surface area contributed by atoms with E-state index in [0.29, 0.717) is 24.5 Å². The molecule has 0 aliphatic carbocycles. The SMILES string of the molecule is CCCN(CC)S(=O)(=O)c1csc(CN)c1. The Balaban J connectivity index is 2.99. The van der Waals surface area contributed by atoms with Crippen LogP contribution in [0.2, 0.25) is 0 Å². The first-order valence-corrected chi connectivity index (χ1v) is 7.65. The predicted molar refractivity (Wildman–Crippen MR) is 66.9 cm³/mol. The summed E-state index contributed by atoms with van der Waals surface area (Å²) in [5, 5.41) is 1.66. The van der Waals surface area contributed by atoms with E-state index in [1.165, 1.54) is 15.6 Å². The fraction of sp³-hybridized carbons (Fsp3) is 0.600. The Morgan fingerprint density at radius 3 is 2.56 bits per heavy atom. The molecule has 0 unspecified atom stereocenters. The van der Waals surface area contributed by atoms with Gasteiger partial charge in [-0.25, -0.2) is 8.42 Å². The molecule has 2 N–H and O–H groups in total. The van der Waals surface area contributed by atoms with Crippen LogP contribution < -0.4 is 5.73 Å². The van der Waals surface area contributed by atoms with Gasteiger partial charge in [0.15, 0.2) is 0 Å². The molecule has 6 heteroatoms. The molecule has 0 spiro atoms. The second kappa shape index (κ2) is 5.77. The van der Waals surface area contributed by atoms with Gasteiger partial charge in [0, 0.05) is 29.9 Å². The second-order valence-corrected chi connectivity index (χ2v) is 6.38. The molecule has 0 amide bonds. The lowest BCUT2D eigenvalue weighted by molar-refractivity contribution is 0.427. The van der Waals surface area contributed by atoms with Crippen molar-refractivity contribution in [2.24, 2.45) is 5.73 Å². The highest BCUT2D eigenvalue weighted by atomic mass is 32.2. The molecule has 1 aromatic heterocycles. The molecule has 0 aliphatic heterocycles. The van der Waals surface area contributed by atoms with Crippen molar-refractivity contribution in [3.63, 3.8) is 0 Å². The van der Waals surface area contributed by atoms with E-state index in [2.05, 4.69) is 0 Å². The summed E-state index contributed by atoms with van der Waals surface area (Å²) in [6.07, 6.45) is 0.820. The maximum absolute atomic E-state index is 12.2. The highest BCUT2D eigenvalue weighted by molar-refractivity contribution is 7.89. The molecule has 0 aliphatic rings. The Bertz CT molecular complexity index is 426. The molecule has 0 fully saturated rings. The van der Waals surface area contributed by atoms with E-state index in [1.807, 2.05) is 13.8 Å². The zero-order valence-corrected chi connectivity index (χ0v) is 11.3. The predicted octanol–water partition coefficient (Wildman–Crippen LogP) is 1.63. The third kappa shape index (κ3) is 2.82.